The van der Waals surface area contributed by atoms with Crippen LogP contribution in [0.4, 0.5) is 0 Å². The molecule has 1 fully saturated rings. The summed E-state index contributed by atoms with van der Waals surface area (Å²) in [6.45, 7) is 16.4. The van der Waals surface area contributed by atoms with E-state index in [0.717, 1.165) is 0 Å². The van der Waals surface area contributed by atoms with Crippen molar-refractivity contribution < 1.29 is 0 Å². The van der Waals surface area contributed by atoms with Crippen LogP contribution in [0.15, 0.2) is 37.5 Å². The molecule has 0 aliphatic heterocycles. The lowest BCUT2D eigenvalue weighted by Crippen LogP contribution is -2.31. The van der Waals surface area contributed by atoms with Crippen LogP contribution in [-0.2, 0) is 0 Å². The quantitative estimate of drug-likeness (QED) is 0.580. The number of allylic oxidation sites excluding steroid dienone is 3. The monoisotopic (exact) mass is 190 g/mol. The molecular weight excluding hydrogens is 168 g/mol. The first-order chi connectivity index (χ1) is 6.53. The summed E-state index contributed by atoms with van der Waals surface area (Å²) in [5.41, 5.74) is 1.58. The highest BCUT2D eigenvalue weighted by Crippen LogP contribution is 2.46. The molecule has 0 amide bonds. The Morgan fingerprint density at radius 1 is 1.43 bits per heavy atom. The molecule has 1 saturated carbocycles. The fourth-order valence-electron chi connectivity index (χ4n) is 2.43. The topological polar surface area (TPSA) is 0 Å². The Kier molecular flexibility index (Phi) is 3.36. The third-order valence-corrected chi connectivity index (χ3v) is 3.86. The second-order valence-electron chi connectivity index (χ2n) is 4.87. The maximum atomic E-state index is 4.06. The first-order valence-corrected chi connectivity index (χ1v) is 5.45. The first-order valence-electron chi connectivity index (χ1n) is 5.45. The molecule has 0 spiro atoms. The molecule has 0 aromatic carbocycles. The molecule has 0 nitrogen and oxygen atoms in total. The average molecular weight is 190 g/mol. The van der Waals surface area contributed by atoms with Gasteiger partial charge >= 0.3 is 0 Å². The Hall–Kier alpha value is -0.780. The van der Waals surface area contributed by atoms with Crippen molar-refractivity contribution in [3.8, 4) is 0 Å². The van der Waals surface area contributed by atoms with Crippen molar-refractivity contribution >= 4 is 0 Å². The number of hydrogen-bond acceptors (Lipinski definition) is 0. The predicted octanol–water partition coefficient (Wildman–Crippen LogP) is 4.36. The second kappa shape index (κ2) is 4.16. The Bertz CT molecular complexity index is 249. The van der Waals surface area contributed by atoms with Crippen LogP contribution in [0, 0.1) is 17.3 Å². The Morgan fingerprint density at radius 3 is 2.50 bits per heavy atom. The van der Waals surface area contributed by atoms with Gasteiger partial charge < -0.3 is 0 Å². The van der Waals surface area contributed by atoms with E-state index in [-0.39, 0.29) is 5.41 Å². The lowest BCUT2D eigenvalue weighted by atomic mass is 9.63. The molecule has 0 radical (unpaired) electrons. The van der Waals surface area contributed by atoms with Crippen molar-refractivity contribution in [2.75, 3.05) is 0 Å². The Morgan fingerprint density at radius 2 is 2.07 bits per heavy atom. The Labute approximate surface area is 88.4 Å². The van der Waals surface area contributed by atoms with Gasteiger partial charge in [0, 0.05) is 0 Å². The van der Waals surface area contributed by atoms with Crippen LogP contribution < -0.4 is 0 Å². The highest BCUT2D eigenvalue weighted by atomic mass is 14.4. The molecule has 1 aliphatic carbocycles. The SMILES string of the molecule is C=C[C@H]1C[C@H](C(=C)C)CC[C@@]1(C)C=C. The summed E-state index contributed by atoms with van der Waals surface area (Å²) < 4.78 is 0. The largest absolute Gasteiger partial charge is 0.103 e. The van der Waals surface area contributed by atoms with Crippen LogP contribution in [-0.4, -0.2) is 0 Å². The summed E-state index contributed by atoms with van der Waals surface area (Å²) in [4.78, 5) is 0. The zero-order valence-electron chi connectivity index (χ0n) is 9.55. The van der Waals surface area contributed by atoms with E-state index < -0.39 is 0 Å². The van der Waals surface area contributed by atoms with E-state index in [0.29, 0.717) is 11.8 Å². The minimum atomic E-state index is 0.258. The molecule has 1 rings (SSSR count). The molecular formula is C14H22. The van der Waals surface area contributed by atoms with Crippen LogP contribution in [0.3, 0.4) is 0 Å². The van der Waals surface area contributed by atoms with Gasteiger partial charge in [-0.15, -0.1) is 13.2 Å². The first kappa shape index (κ1) is 11.3. The molecule has 0 unspecified atom stereocenters. The minimum Gasteiger partial charge on any atom is -0.103 e. The predicted molar refractivity (Wildman–Crippen MR) is 64.1 cm³/mol. The fourth-order valence-corrected chi connectivity index (χ4v) is 2.43. The zero-order valence-corrected chi connectivity index (χ0v) is 9.55. The van der Waals surface area contributed by atoms with E-state index in [1.165, 1.54) is 24.8 Å². The van der Waals surface area contributed by atoms with Gasteiger partial charge in [0.1, 0.15) is 0 Å². The van der Waals surface area contributed by atoms with Gasteiger partial charge in [-0.2, -0.15) is 0 Å². The van der Waals surface area contributed by atoms with Crippen LogP contribution in [0.25, 0.3) is 0 Å². The number of hydrogen-bond donors (Lipinski definition) is 0. The van der Waals surface area contributed by atoms with Crippen molar-refractivity contribution in [2.45, 2.75) is 33.1 Å². The molecule has 1 aliphatic rings. The van der Waals surface area contributed by atoms with Gasteiger partial charge in [0.25, 0.3) is 0 Å². The lowest BCUT2D eigenvalue weighted by molar-refractivity contribution is 0.179. The van der Waals surface area contributed by atoms with E-state index in [1.807, 2.05) is 0 Å². The molecule has 0 aromatic heterocycles. The molecule has 0 heterocycles. The highest BCUT2D eigenvalue weighted by molar-refractivity contribution is 5.10. The minimum absolute atomic E-state index is 0.258. The summed E-state index contributed by atoms with van der Waals surface area (Å²) in [7, 11) is 0. The zero-order chi connectivity index (χ0) is 10.8. The van der Waals surface area contributed by atoms with Gasteiger partial charge in [0.05, 0.1) is 0 Å². The van der Waals surface area contributed by atoms with Gasteiger partial charge in [-0.3, -0.25) is 0 Å². The van der Waals surface area contributed by atoms with E-state index in [4.69, 9.17) is 0 Å². The second-order valence-corrected chi connectivity index (χ2v) is 4.87. The smallest absolute Gasteiger partial charge is 0.00861 e. The van der Waals surface area contributed by atoms with E-state index in [9.17, 15) is 0 Å². The lowest BCUT2D eigenvalue weighted by Gasteiger charge is -2.41. The van der Waals surface area contributed by atoms with Gasteiger partial charge in [0.2, 0.25) is 0 Å². The normalized spacial score (nSPS) is 37.6. The van der Waals surface area contributed by atoms with Crippen LogP contribution in [0.5, 0.6) is 0 Å². The van der Waals surface area contributed by atoms with E-state index >= 15 is 0 Å². The molecule has 0 saturated heterocycles. The van der Waals surface area contributed by atoms with Gasteiger partial charge in [-0.1, -0.05) is 31.2 Å². The molecule has 0 aromatic rings. The third-order valence-electron chi connectivity index (χ3n) is 3.86. The number of rotatable bonds is 3. The molecule has 3 atom stereocenters. The van der Waals surface area contributed by atoms with Crippen molar-refractivity contribution in [1.29, 1.82) is 0 Å². The van der Waals surface area contributed by atoms with Crippen LogP contribution in [0.1, 0.15) is 33.1 Å². The molecule has 0 heteroatoms. The molecule has 0 bridgehead atoms. The molecule has 0 N–H and O–H groups in total. The van der Waals surface area contributed by atoms with Crippen LogP contribution >= 0.6 is 0 Å². The van der Waals surface area contributed by atoms with Crippen LogP contribution in [0.2, 0.25) is 0 Å². The summed E-state index contributed by atoms with van der Waals surface area (Å²) in [5.74, 6) is 1.25. The van der Waals surface area contributed by atoms with E-state index in [2.05, 4.69) is 45.7 Å². The van der Waals surface area contributed by atoms with Gasteiger partial charge in [-0.05, 0) is 43.4 Å². The van der Waals surface area contributed by atoms with Crippen molar-refractivity contribution in [2.24, 2.45) is 17.3 Å². The van der Waals surface area contributed by atoms with Crippen molar-refractivity contribution in [3.05, 3.63) is 37.5 Å². The summed E-state index contributed by atoms with van der Waals surface area (Å²) in [6, 6.07) is 0. The highest BCUT2D eigenvalue weighted by Gasteiger charge is 2.35. The summed E-state index contributed by atoms with van der Waals surface area (Å²) >= 11 is 0. The average Bonchev–Trinajstić information content (AvgIpc) is 2.18. The summed E-state index contributed by atoms with van der Waals surface area (Å²) in [6.07, 6.45) is 7.86. The van der Waals surface area contributed by atoms with Crippen molar-refractivity contribution in [3.63, 3.8) is 0 Å². The third kappa shape index (κ3) is 2.00. The standard InChI is InChI=1S/C14H22/c1-6-13-10-12(11(3)4)8-9-14(13,5)7-2/h6-7,12-13H,1-3,8-10H2,4-5H3/t12-,13+,14-/m1/s1. The molecule has 14 heavy (non-hydrogen) atoms. The maximum Gasteiger partial charge on any atom is -0.00861 e. The van der Waals surface area contributed by atoms with Crippen molar-refractivity contribution in [1.82, 2.24) is 0 Å². The van der Waals surface area contributed by atoms with E-state index in [1.54, 1.807) is 0 Å². The van der Waals surface area contributed by atoms with Gasteiger partial charge in [-0.25, -0.2) is 0 Å². The Balaban J connectivity index is 2.78. The maximum absolute atomic E-state index is 4.06. The van der Waals surface area contributed by atoms with Gasteiger partial charge in [0.15, 0.2) is 0 Å². The fraction of sp³-hybridized carbons (Fsp3) is 0.571. The summed E-state index contributed by atoms with van der Waals surface area (Å²) in [5, 5.41) is 0. The molecule has 78 valence electrons.